The number of thiazole rings is 1. The van der Waals surface area contributed by atoms with Gasteiger partial charge in [0.2, 0.25) is 11.8 Å². The molecule has 2 amide bonds. The van der Waals surface area contributed by atoms with Gasteiger partial charge in [-0.05, 0) is 36.8 Å². The Hall–Kier alpha value is -2.84. The van der Waals surface area contributed by atoms with Crippen LogP contribution in [0.4, 0.5) is 5.69 Å². The smallest absolute Gasteiger partial charge is 0.305 e. The lowest BCUT2D eigenvalue weighted by molar-refractivity contribution is -0.122. The molecular weight excluding hydrogens is 420 g/mol. The molecule has 1 saturated heterocycles. The van der Waals surface area contributed by atoms with Crippen molar-refractivity contribution in [2.45, 2.75) is 23.1 Å². The summed E-state index contributed by atoms with van der Waals surface area (Å²) < 4.78 is 5.25. The summed E-state index contributed by atoms with van der Waals surface area (Å²) in [4.78, 5) is 43.7. The average Bonchev–Trinajstić information content (AvgIpc) is 3.24. The molecule has 0 unspecified atom stereocenters. The minimum atomic E-state index is -0.580. The summed E-state index contributed by atoms with van der Waals surface area (Å²) in [6, 6.07) is 14.8. The number of hydrogen-bond donors (Lipinski definition) is 1. The molecule has 3 atom stereocenters. The monoisotopic (exact) mass is 438 g/mol. The van der Waals surface area contributed by atoms with E-state index in [1.807, 2.05) is 43.3 Å². The maximum atomic E-state index is 13.5. The first kappa shape index (κ1) is 19.1. The standard InChI is InChI=1S/C22H18N2O4S2/c1-11-3-7-13(8-4-11)24-20(25)16-15(12-5-9-14(28-2)10-6-12)17-19(23-22(27)30-17)29-18(16)21(24)26/h3-10,15-16,18H,1-2H3,(H,23,27)/t15-,16-,18+/m0/s1. The van der Waals surface area contributed by atoms with Gasteiger partial charge in [0, 0.05) is 10.8 Å². The van der Waals surface area contributed by atoms with Crippen LogP contribution in [0.3, 0.4) is 0 Å². The number of anilines is 1. The molecule has 0 spiro atoms. The van der Waals surface area contributed by atoms with Gasteiger partial charge in [-0.1, -0.05) is 52.9 Å². The molecule has 1 aromatic heterocycles. The lowest BCUT2D eigenvalue weighted by atomic mass is 9.83. The first-order chi connectivity index (χ1) is 14.5. The predicted octanol–water partition coefficient (Wildman–Crippen LogP) is 3.55. The first-order valence-electron chi connectivity index (χ1n) is 9.46. The maximum Gasteiger partial charge on any atom is 0.305 e. The molecule has 0 bridgehead atoms. The van der Waals surface area contributed by atoms with E-state index in [4.69, 9.17) is 4.74 Å². The third-order valence-electron chi connectivity index (χ3n) is 5.59. The lowest BCUT2D eigenvalue weighted by Crippen LogP contribution is -2.32. The van der Waals surface area contributed by atoms with Crippen LogP contribution in [0.25, 0.3) is 0 Å². The topological polar surface area (TPSA) is 79.5 Å². The Morgan fingerprint density at radius 1 is 0.967 bits per heavy atom. The van der Waals surface area contributed by atoms with Gasteiger partial charge in [0.1, 0.15) is 11.0 Å². The number of nitrogens with zero attached hydrogens (tertiary/aromatic N) is 1. The SMILES string of the molecule is COc1ccc([C@@H]2c3sc(=O)[nH]c3S[C@H]3C(=O)N(c4ccc(C)cc4)C(=O)[C@@H]23)cc1. The molecule has 1 fully saturated rings. The zero-order chi connectivity index (χ0) is 21.0. The van der Waals surface area contributed by atoms with Gasteiger partial charge in [-0.25, -0.2) is 4.90 Å². The van der Waals surface area contributed by atoms with Crippen LogP contribution in [-0.4, -0.2) is 29.2 Å². The molecule has 2 aliphatic heterocycles. The van der Waals surface area contributed by atoms with Gasteiger partial charge in [0.05, 0.1) is 23.7 Å². The fraction of sp³-hybridized carbons (Fsp3) is 0.227. The minimum Gasteiger partial charge on any atom is -0.497 e. The quantitative estimate of drug-likeness (QED) is 0.633. The number of carbonyl (C=O) groups excluding carboxylic acids is 2. The molecule has 0 radical (unpaired) electrons. The molecule has 152 valence electrons. The van der Waals surface area contributed by atoms with E-state index in [1.54, 1.807) is 19.2 Å². The van der Waals surface area contributed by atoms with Crippen LogP contribution < -0.4 is 14.5 Å². The van der Waals surface area contributed by atoms with Gasteiger partial charge in [-0.15, -0.1) is 0 Å². The average molecular weight is 439 g/mol. The summed E-state index contributed by atoms with van der Waals surface area (Å²) in [7, 11) is 1.59. The van der Waals surface area contributed by atoms with Gasteiger partial charge in [0.15, 0.2) is 0 Å². The zero-order valence-electron chi connectivity index (χ0n) is 16.2. The number of hydrogen-bond acceptors (Lipinski definition) is 6. The van der Waals surface area contributed by atoms with E-state index in [0.29, 0.717) is 16.5 Å². The Bertz CT molecular complexity index is 1200. The Balaban J connectivity index is 1.63. The third-order valence-corrected chi connectivity index (χ3v) is 7.99. The molecule has 0 saturated carbocycles. The first-order valence-corrected chi connectivity index (χ1v) is 11.2. The highest BCUT2D eigenvalue weighted by Crippen LogP contribution is 2.53. The van der Waals surface area contributed by atoms with Gasteiger partial charge in [-0.2, -0.15) is 0 Å². The van der Waals surface area contributed by atoms with Gasteiger partial charge < -0.3 is 9.72 Å². The fourth-order valence-electron chi connectivity index (χ4n) is 4.14. The Kier molecular flexibility index (Phi) is 4.56. The van der Waals surface area contributed by atoms with Crippen molar-refractivity contribution >= 4 is 40.6 Å². The molecule has 3 heterocycles. The number of ether oxygens (including phenoxy) is 1. The molecular formula is C22H18N2O4S2. The van der Waals surface area contributed by atoms with Crippen LogP contribution in [0.5, 0.6) is 5.75 Å². The highest BCUT2D eigenvalue weighted by Gasteiger charge is 2.56. The fourth-order valence-corrected chi connectivity index (χ4v) is 6.65. The number of carbonyl (C=O) groups is 2. The maximum absolute atomic E-state index is 13.5. The van der Waals surface area contributed by atoms with E-state index in [0.717, 1.165) is 27.3 Å². The van der Waals surface area contributed by atoms with E-state index in [1.165, 1.54) is 16.7 Å². The Morgan fingerprint density at radius 3 is 2.33 bits per heavy atom. The van der Waals surface area contributed by atoms with Crippen LogP contribution in [0.1, 0.15) is 21.9 Å². The van der Waals surface area contributed by atoms with Crippen LogP contribution in [-0.2, 0) is 9.59 Å². The number of H-pyrrole nitrogens is 1. The van der Waals surface area contributed by atoms with Crippen molar-refractivity contribution in [3.8, 4) is 5.75 Å². The molecule has 6 nitrogen and oxygen atoms in total. The molecule has 3 aromatic rings. The van der Waals surface area contributed by atoms with Crippen molar-refractivity contribution < 1.29 is 14.3 Å². The number of nitrogens with one attached hydrogen (secondary N) is 1. The van der Waals surface area contributed by atoms with Crippen molar-refractivity contribution in [3.05, 3.63) is 74.2 Å². The number of thioether (sulfide) groups is 1. The number of rotatable bonds is 3. The summed E-state index contributed by atoms with van der Waals surface area (Å²) in [5.74, 6) is -0.703. The van der Waals surface area contributed by atoms with Gasteiger partial charge >= 0.3 is 4.87 Å². The summed E-state index contributed by atoms with van der Waals surface area (Å²) in [6.07, 6.45) is 0. The number of aromatic amines is 1. The Morgan fingerprint density at radius 2 is 1.67 bits per heavy atom. The zero-order valence-corrected chi connectivity index (χ0v) is 17.9. The molecule has 2 aliphatic rings. The Labute approximate surface area is 180 Å². The number of fused-ring (bicyclic) bond motifs is 2. The van der Waals surface area contributed by atoms with Crippen LogP contribution in [0.2, 0.25) is 0 Å². The number of benzene rings is 2. The van der Waals surface area contributed by atoms with Crippen molar-refractivity contribution in [1.29, 1.82) is 0 Å². The summed E-state index contributed by atoms with van der Waals surface area (Å²) in [6.45, 7) is 1.96. The van der Waals surface area contributed by atoms with Crippen molar-refractivity contribution in [1.82, 2.24) is 4.98 Å². The minimum absolute atomic E-state index is 0.179. The van der Waals surface area contributed by atoms with Crippen molar-refractivity contribution in [2.24, 2.45) is 5.92 Å². The van der Waals surface area contributed by atoms with Crippen LogP contribution >= 0.6 is 23.1 Å². The molecule has 30 heavy (non-hydrogen) atoms. The predicted molar refractivity (Wildman–Crippen MR) is 117 cm³/mol. The van der Waals surface area contributed by atoms with E-state index < -0.39 is 11.2 Å². The number of amides is 2. The molecule has 1 N–H and O–H groups in total. The second kappa shape index (κ2) is 7.14. The van der Waals surface area contributed by atoms with E-state index in [9.17, 15) is 14.4 Å². The van der Waals surface area contributed by atoms with E-state index >= 15 is 0 Å². The highest BCUT2D eigenvalue weighted by molar-refractivity contribution is 8.00. The van der Waals surface area contributed by atoms with Crippen molar-refractivity contribution in [3.63, 3.8) is 0 Å². The van der Waals surface area contributed by atoms with Gasteiger partial charge in [0.25, 0.3) is 0 Å². The number of imide groups is 1. The molecule has 0 aliphatic carbocycles. The van der Waals surface area contributed by atoms with Crippen LogP contribution in [0, 0.1) is 12.8 Å². The van der Waals surface area contributed by atoms with Crippen LogP contribution in [0.15, 0.2) is 58.4 Å². The van der Waals surface area contributed by atoms with Gasteiger partial charge in [-0.3, -0.25) is 14.4 Å². The third kappa shape index (κ3) is 2.90. The highest BCUT2D eigenvalue weighted by atomic mass is 32.2. The molecule has 2 aromatic carbocycles. The molecule has 5 rings (SSSR count). The number of aryl methyl sites for hydroxylation is 1. The second-order valence-corrected chi connectivity index (χ2v) is 9.54. The summed E-state index contributed by atoms with van der Waals surface area (Å²) in [5.41, 5.74) is 2.52. The van der Waals surface area contributed by atoms with E-state index in [-0.39, 0.29) is 22.6 Å². The molecule has 8 heteroatoms. The second-order valence-electron chi connectivity index (χ2n) is 7.37. The number of methoxy groups -OCH3 is 1. The number of aromatic nitrogens is 1. The summed E-state index contributed by atoms with van der Waals surface area (Å²) >= 11 is 2.40. The normalized spacial score (nSPS) is 22.7. The lowest BCUT2D eigenvalue weighted by Gasteiger charge is -2.29. The largest absolute Gasteiger partial charge is 0.497 e. The van der Waals surface area contributed by atoms with E-state index in [2.05, 4.69) is 4.98 Å². The van der Waals surface area contributed by atoms with Crippen molar-refractivity contribution in [2.75, 3.05) is 12.0 Å². The summed E-state index contributed by atoms with van der Waals surface area (Å²) in [5, 5.41) is 0.0997.